The van der Waals surface area contributed by atoms with Crippen LogP contribution in [0.1, 0.15) is 33.6 Å². The van der Waals surface area contributed by atoms with E-state index in [4.69, 9.17) is 0 Å². The number of H-pyrrole nitrogens is 1. The minimum absolute atomic E-state index is 0. The van der Waals surface area contributed by atoms with Crippen LogP contribution in [0.15, 0.2) is 108 Å². The number of benzene rings is 4. The summed E-state index contributed by atoms with van der Waals surface area (Å²) in [6, 6.07) is 15.7. The van der Waals surface area contributed by atoms with Crippen LogP contribution in [-0.2, 0) is 60.8 Å². The van der Waals surface area contributed by atoms with Crippen molar-refractivity contribution in [1.82, 2.24) is 19.6 Å². The minimum atomic E-state index is -4.70. The van der Waals surface area contributed by atoms with E-state index in [0.29, 0.717) is 27.9 Å². The van der Waals surface area contributed by atoms with Gasteiger partial charge in [-0.05, 0) is 105 Å². The first-order chi connectivity index (χ1) is 25.8. The van der Waals surface area contributed by atoms with Crippen LogP contribution in [0.2, 0.25) is 0 Å². The van der Waals surface area contributed by atoms with Crippen molar-refractivity contribution < 1.29 is 135 Å². The standard InChI is InChI=1S/C35H32N8O10S2.2Cu.2Na/c1-18-13-24(54(48,49)50)7-11-28(18)42-34(46)32(20(3)40-42)38-36-26-9-5-22(16-30(26)44)15-23-6-10-27(31(45)17-23)37-39-33-21(4)41-43(35(33)47)29-12-8-25(14-19(29)2)55(51,52)53;;;;/h5-14,16-17,40,44-45,47H,15H2,1-4H3,(H,48,49,50)(H,51,52,53);;;;/q;2*+2;2*+1/p-5. The van der Waals surface area contributed by atoms with E-state index >= 15 is 0 Å². The predicted molar refractivity (Wildman–Crippen MR) is 187 cm³/mol. The number of hydrogen-bond acceptors (Lipinski definition) is 15. The minimum Gasteiger partial charge on any atom is -0.871 e. The molecule has 0 atom stereocenters. The third-order valence-corrected chi connectivity index (χ3v) is 10.0. The molecular formula is C35H27Cu2N8Na2O10S2+. The molecule has 0 fully saturated rings. The average Bonchev–Trinajstić information content (AvgIpc) is 3.54. The zero-order chi connectivity index (χ0) is 40.0. The normalized spacial score (nSPS) is 11.5. The van der Waals surface area contributed by atoms with Gasteiger partial charge in [0.05, 0.1) is 43.9 Å². The van der Waals surface area contributed by atoms with E-state index in [-0.39, 0.29) is 139 Å². The van der Waals surface area contributed by atoms with Gasteiger partial charge < -0.3 is 24.4 Å². The summed E-state index contributed by atoms with van der Waals surface area (Å²) < 4.78 is 70.2. The van der Waals surface area contributed by atoms with Gasteiger partial charge in [-0.25, -0.2) is 26.2 Å². The van der Waals surface area contributed by atoms with Gasteiger partial charge in [0.15, 0.2) is 5.69 Å². The summed E-state index contributed by atoms with van der Waals surface area (Å²) in [6.45, 7) is 6.11. The molecule has 1 N–H and O–H groups in total. The van der Waals surface area contributed by atoms with Gasteiger partial charge in [-0.15, -0.1) is 10.2 Å². The van der Waals surface area contributed by atoms with Crippen LogP contribution in [0.3, 0.4) is 0 Å². The summed E-state index contributed by atoms with van der Waals surface area (Å²) in [5.74, 6) is -1.69. The molecule has 6 rings (SSSR count). The number of rotatable bonds is 10. The molecule has 2 aromatic heterocycles. The Morgan fingerprint density at radius 1 is 0.644 bits per heavy atom. The summed E-state index contributed by atoms with van der Waals surface area (Å²) in [5, 5.41) is 61.7. The molecular weight excluding hydrogens is 930 g/mol. The molecule has 0 saturated carbocycles. The topological polar surface area (TPSA) is 289 Å². The van der Waals surface area contributed by atoms with Crippen LogP contribution in [0.4, 0.5) is 22.7 Å². The molecule has 0 aliphatic rings. The van der Waals surface area contributed by atoms with Gasteiger partial charge in [-0.1, -0.05) is 35.8 Å². The van der Waals surface area contributed by atoms with E-state index in [1.807, 2.05) is 0 Å². The van der Waals surface area contributed by atoms with Crippen molar-refractivity contribution in [3.8, 4) is 28.8 Å². The number of nitrogens with one attached hydrogen (secondary N) is 1. The second kappa shape index (κ2) is 20.4. The van der Waals surface area contributed by atoms with Gasteiger partial charge >= 0.3 is 93.3 Å². The Balaban J connectivity index is 0.00000300. The van der Waals surface area contributed by atoms with Crippen LogP contribution >= 0.6 is 0 Å². The van der Waals surface area contributed by atoms with Crippen molar-refractivity contribution in [3.63, 3.8) is 0 Å². The van der Waals surface area contributed by atoms with E-state index in [1.54, 1.807) is 19.1 Å². The fraction of sp³-hybridized carbons (Fsp3) is 0.143. The van der Waals surface area contributed by atoms with Gasteiger partial charge in [0, 0.05) is 5.88 Å². The molecule has 4 aromatic carbocycles. The van der Waals surface area contributed by atoms with Crippen molar-refractivity contribution >= 4 is 43.0 Å². The Kier molecular flexibility index (Phi) is 17.9. The number of hydrogen-bond donors (Lipinski definition) is 1. The maximum absolute atomic E-state index is 13.1. The predicted octanol–water partition coefficient (Wildman–Crippen LogP) is -1.96. The molecule has 0 amide bonds. The molecule has 0 saturated heterocycles. The zero-order valence-corrected chi connectivity index (χ0v) is 39.3. The monoisotopic (exact) mass is 955 g/mol. The van der Waals surface area contributed by atoms with Crippen molar-refractivity contribution in [2.45, 2.75) is 43.9 Å². The maximum atomic E-state index is 13.1. The van der Waals surface area contributed by atoms with Crippen LogP contribution in [0.25, 0.3) is 11.4 Å². The quantitative estimate of drug-likeness (QED) is 0.0894. The number of azo groups is 2. The first-order valence-electron chi connectivity index (χ1n) is 16.0. The molecule has 18 nitrogen and oxygen atoms in total. The number of aromatic amines is 1. The van der Waals surface area contributed by atoms with Crippen molar-refractivity contribution in [1.29, 1.82) is 0 Å². The molecule has 2 heterocycles. The second-order valence-corrected chi connectivity index (χ2v) is 15.1. The molecule has 24 heteroatoms. The fourth-order valence-corrected chi connectivity index (χ4v) is 6.71. The average molecular weight is 957 g/mol. The zero-order valence-electron chi connectivity index (χ0n) is 31.8. The Labute approximate surface area is 402 Å². The Hall–Kier alpha value is -3.44. The van der Waals surface area contributed by atoms with Crippen LogP contribution in [0.5, 0.6) is 17.4 Å². The van der Waals surface area contributed by atoms with Gasteiger partial charge in [0.1, 0.15) is 25.9 Å². The Bertz CT molecular complexity index is 2880. The van der Waals surface area contributed by atoms with Crippen LogP contribution in [0, 0.1) is 27.7 Å². The molecule has 302 valence electrons. The summed E-state index contributed by atoms with van der Waals surface area (Å²) >= 11 is 0. The first kappa shape index (κ1) is 51.7. The van der Waals surface area contributed by atoms with E-state index in [9.17, 15) is 46.1 Å². The Morgan fingerprint density at radius 3 is 1.54 bits per heavy atom. The van der Waals surface area contributed by atoms with Gasteiger partial charge in [0.25, 0.3) is 5.56 Å². The van der Waals surface area contributed by atoms with Gasteiger partial charge in [0.2, 0.25) is 0 Å². The van der Waals surface area contributed by atoms with Crippen LogP contribution < -0.4 is 80.0 Å². The SMILES string of the molecule is Cc1cc(S(=O)(=O)[O-])ccc1-n1nc(C)c(N=Nc2ccc(Cc3ccc(N=Nc4c(C)[nH]n(-c5ccc(S(=O)(=O)[O-])cc5C)c4=O)c([O-])c3)cc2[O-])c1[O-].[Cu+2].[Cu+2].[Na+].[Na+]. The molecule has 0 aliphatic heterocycles. The number of nitrogens with zero attached hydrogens (tertiary/aromatic N) is 7. The molecule has 0 unspecified atom stereocenters. The van der Waals surface area contributed by atoms with Crippen molar-refractivity contribution in [3.05, 3.63) is 117 Å². The largest absolute Gasteiger partial charge is 2.00 e. The van der Waals surface area contributed by atoms with Gasteiger partial charge in [-0.2, -0.15) is 15.3 Å². The smallest absolute Gasteiger partial charge is 0.871 e. The third-order valence-electron chi connectivity index (χ3n) is 8.38. The van der Waals surface area contributed by atoms with Crippen molar-refractivity contribution in [2.75, 3.05) is 0 Å². The van der Waals surface area contributed by atoms with Gasteiger partial charge in [-0.3, -0.25) is 9.89 Å². The number of aromatic nitrogens is 4. The fourth-order valence-electron chi connectivity index (χ4n) is 5.60. The second-order valence-electron chi connectivity index (χ2n) is 12.4. The Morgan fingerprint density at radius 2 is 1.10 bits per heavy atom. The number of aryl methyl sites for hydroxylation is 4. The molecule has 0 spiro atoms. The summed E-state index contributed by atoms with van der Waals surface area (Å²) in [7, 11) is -9.39. The van der Waals surface area contributed by atoms with E-state index < -0.39 is 53.0 Å². The first-order valence-corrected chi connectivity index (χ1v) is 18.8. The summed E-state index contributed by atoms with van der Waals surface area (Å²) in [4.78, 5) is 12.2. The summed E-state index contributed by atoms with van der Waals surface area (Å²) in [5.41, 5.74) is 1.75. The van der Waals surface area contributed by atoms with Crippen LogP contribution in [-0.4, -0.2) is 45.5 Å². The molecule has 0 aliphatic carbocycles. The maximum Gasteiger partial charge on any atom is 2.00 e. The molecule has 6 aromatic rings. The molecule has 0 bridgehead atoms. The van der Waals surface area contributed by atoms with E-state index in [1.165, 1.54) is 57.2 Å². The van der Waals surface area contributed by atoms with E-state index in [2.05, 4.69) is 30.7 Å². The third kappa shape index (κ3) is 11.5. The molecule has 59 heavy (non-hydrogen) atoms. The van der Waals surface area contributed by atoms with E-state index in [0.717, 1.165) is 33.6 Å². The van der Waals surface area contributed by atoms with Crippen molar-refractivity contribution in [2.24, 2.45) is 20.5 Å². The summed E-state index contributed by atoms with van der Waals surface area (Å²) in [6.07, 6.45) is 0.190. The molecule has 2 radical (unpaired) electrons.